The van der Waals surface area contributed by atoms with Crippen LogP contribution in [0.25, 0.3) is 11.0 Å². The van der Waals surface area contributed by atoms with Crippen LogP contribution in [0.15, 0.2) is 35.7 Å². The van der Waals surface area contributed by atoms with Gasteiger partial charge in [-0.25, -0.2) is 9.07 Å². The van der Waals surface area contributed by atoms with Gasteiger partial charge < -0.3 is 10.0 Å². The first kappa shape index (κ1) is 21.1. The van der Waals surface area contributed by atoms with Crippen molar-refractivity contribution in [3.8, 4) is 0 Å². The number of thiophene rings is 1. The van der Waals surface area contributed by atoms with Crippen molar-refractivity contribution in [1.29, 1.82) is 0 Å². The van der Waals surface area contributed by atoms with Gasteiger partial charge in [0.15, 0.2) is 0 Å². The van der Waals surface area contributed by atoms with Gasteiger partial charge in [0, 0.05) is 23.5 Å². The molecule has 1 amide bonds. The number of piperidine rings is 1. The highest BCUT2D eigenvalue weighted by Crippen LogP contribution is 2.40. The van der Waals surface area contributed by atoms with E-state index in [-0.39, 0.29) is 42.1 Å². The van der Waals surface area contributed by atoms with Crippen LogP contribution in [0.5, 0.6) is 0 Å². The summed E-state index contributed by atoms with van der Waals surface area (Å²) in [5.41, 5.74) is 1.13. The van der Waals surface area contributed by atoms with Gasteiger partial charge in [0.1, 0.15) is 11.3 Å². The Hall–Kier alpha value is -2.81. The molecule has 5 rings (SSSR count). The van der Waals surface area contributed by atoms with Crippen LogP contribution in [0.3, 0.4) is 0 Å². The SMILES string of the molecule is O=C(O)C1CCN(C(=O)CC(c2cccs2)n2nnc3cc(F)ccc32)C2CCCCC12. The fraction of sp³-hybridized carbons (Fsp3) is 0.478. The molecule has 4 unspecified atom stereocenters. The number of amides is 1. The van der Waals surface area contributed by atoms with Crippen molar-refractivity contribution in [2.24, 2.45) is 11.8 Å². The lowest BCUT2D eigenvalue weighted by atomic mass is 9.71. The van der Waals surface area contributed by atoms with E-state index in [2.05, 4.69) is 10.3 Å². The maximum Gasteiger partial charge on any atom is 0.306 e. The molecular weight excluding hydrogens is 431 g/mol. The first-order chi connectivity index (χ1) is 15.5. The molecule has 1 N–H and O–H groups in total. The zero-order chi connectivity index (χ0) is 22.2. The number of carboxylic acid groups (broad SMARTS) is 1. The maximum absolute atomic E-state index is 13.6. The van der Waals surface area contributed by atoms with Gasteiger partial charge in [-0.05, 0) is 48.8 Å². The van der Waals surface area contributed by atoms with Crippen LogP contribution in [0.2, 0.25) is 0 Å². The van der Waals surface area contributed by atoms with Gasteiger partial charge in [0.05, 0.1) is 23.9 Å². The van der Waals surface area contributed by atoms with E-state index in [1.807, 2.05) is 22.4 Å². The molecular formula is C23H25FN4O3S. The van der Waals surface area contributed by atoms with Crippen LogP contribution in [0.1, 0.15) is 49.4 Å². The fourth-order valence-electron chi connectivity index (χ4n) is 5.49. The molecule has 168 valence electrons. The zero-order valence-corrected chi connectivity index (χ0v) is 18.4. The standard InChI is InChI=1S/C23H25FN4O3S/c24-14-7-8-19-17(12-14)25-26-28(19)20(21-6-3-11-32-21)13-22(29)27-10-9-16(23(30)31)15-4-1-2-5-18(15)27/h3,6-8,11-12,15-16,18,20H,1-2,4-5,9-10,13H2,(H,30,31). The molecule has 1 saturated heterocycles. The Morgan fingerprint density at radius 2 is 2.06 bits per heavy atom. The highest BCUT2D eigenvalue weighted by molar-refractivity contribution is 7.10. The minimum Gasteiger partial charge on any atom is -0.481 e. The Morgan fingerprint density at radius 3 is 2.84 bits per heavy atom. The van der Waals surface area contributed by atoms with Crippen molar-refractivity contribution >= 4 is 34.2 Å². The number of carbonyl (C=O) groups is 2. The topological polar surface area (TPSA) is 88.3 Å². The average molecular weight is 457 g/mol. The number of fused-ring (bicyclic) bond motifs is 2. The molecule has 0 spiro atoms. The lowest BCUT2D eigenvalue weighted by Gasteiger charge is -2.47. The third kappa shape index (κ3) is 3.79. The third-order valence-electron chi connectivity index (χ3n) is 6.99. The normalized spacial score (nSPS) is 24.3. The van der Waals surface area contributed by atoms with Crippen LogP contribution in [0, 0.1) is 17.7 Å². The van der Waals surface area contributed by atoms with Gasteiger partial charge in [-0.3, -0.25) is 9.59 Å². The van der Waals surface area contributed by atoms with Crippen molar-refractivity contribution in [1.82, 2.24) is 19.9 Å². The molecule has 9 heteroatoms. The van der Waals surface area contributed by atoms with Crippen molar-refractivity contribution in [3.05, 3.63) is 46.4 Å². The number of benzene rings is 1. The smallest absolute Gasteiger partial charge is 0.306 e. The average Bonchev–Trinajstić information content (AvgIpc) is 3.46. The van der Waals surface area contributed by atoms with Gasteiger partial charge in [-0.2, -0.15) is 0 Å². The van der Waals surface area contributed by atoms with Crippen molar-refractivity contribution in [2.75, 3.05) is 6.54 Å². The molecule has 2 aromatic heterocycles. The first-order valence-corrected chi connectivity index (χ1v) is 12.0. The van der Waals surface area contributed by atoms with Gasteiger partial charge in [-0.15, -0.1) is 16.4 Å². The van der Waals surface area contributed by atoms with E-state index in [1.165, 1.54) is 12.1 Å². The quantitative estimate of drug-likeness (QED) is 0.624. The van der Waals surface area contributed by atoms with E-state index < -0.39 is 5.97 Å². The summed E-state index contributed by atoms with van der Waals surface area (Å²) in [5, 5.41) is 20.0. The van der Waals surface area contributed by atoms with E-state index in [0.717, 1.165) is 30.6 Å². The van der Waals surface area contributed by atoms with Crippen LogP contribution < -0.4 is 0 Å². The Bertz CT molecular complexity index is 1130. The summed E-state index contributed by atoms with van der Waals surface area (Å²) in [5.74, 6) is -1.46. The highest BCUT2D eigenvalue weighted by Gasteiger charge is 2.44. The third-order valence-corrected chi connectivity index (χ3v) is 7.96. The summed E-state index contributed by atoms with van der Waals surface area (Å²) in [4.78, 5) is 28.3. The second-order valence-electron chi connectivity index (χ2n) is 8.74. The Labute approximate surface area is 188 Å². The Kier molecular flexibility index (Phi) is 5.67. The number of rotatable bonds is 5. The maximum atomic E-state index is 13.6. The number of carboxylic acids is 1. The van der Waals surface area contributed by atoms with E-state index in [4.69, 9.17) is 0 Å². The number of carbonyl (C=O) groups excluding carboxylic acids is 1. The number of hydrogen-bond donors (Lipinski definition) is 1. The predicted molar refractivity (Wildman–Crippen MR) is 118 cm³/mol. The number of aromatic nitrogens is 3. The highest BCUT2D eigenvalue weighted by atomic mass is 32.1. The van der Waals surface area contributed by atoms with Crippen LogP contribution in [-0.4, -0.2) is 49.5 Å². The Balaban J connectivity index is 1.44. The van der Waals surface area contributed by atoms with E-state index in [1.54, 1.807) is 22.1 Å². The largest absolute Gasteiger partial charge is 0.481 e. The molecule has 1 aliphatic heterocycles. The first-order valence-electron chi connectivity index (χ1n) is 11.1. The monoisotopic (exact) mass is 456 g/mol. The summed E-state index contributed by atoms with van der Waals surface area (Å²) in [6.07, 6.45) is 4.46. The van der Waals surface area contributed by atoms with Crippen LogP contribution >= 0.6 is 11.3 Å². The molecule has 0 bridgehead atoms. The molecule has 1 saturated carbocycles. The number of aliphatic carboxylic acids is 1. The van der Waals surface area contributed by atoms with Crippen molar-refractivity contribution in [2.45, 2.75) is 50.6 Å². The molecule has 2 fully saturated rings. The molecule has 2 aliphatic rings. The van der Waals surface area contributed by atoms with E-state index in [9.17, 15) is 19.1 Å². The number of halogens is 1. The summed E-state index contributed by atoms with van der Waals surface area (Å²) in [6.45, 7) is 0.470. The second kappa shape index (κ2) is 8.61. The number of hydrogen-bond acceptors (Lipinski definition) is 5. The molecule has 4 atom stereocenters. The van der Waals surface area contributed by atoms with E-state index in [0.29, 0.717) is 24.0 Å². The van der Waals surface area contributed by atoms with Gasteiger partial charge in [0.2, 0.25) is 5.91 Å². The van der Waals surface area contributed by atoms with Gasteiger partial charge in [-0.1, -0.05) is 24.1 Å². The predicted octanol–water partition coefficient (Wildman–Crippen LogP) is 4.10. The second-order valence-corrected chi connectivity index (χ2v) is 9.72. The zero-order valence-electron chi connectivity index (χ0n) is 17.6. The number of nitrogens with zero attached hydrogens (tertiary/aromatic N) is 4. The van der Waals surface area contributed by atoms with Crippen LogP contribution in [-0.2, 0) is 9.59 Å². The minimum atomic E-state index is -0.744. The molecule has 0 radical (unpaired) electrons. The molecule has 1 aliphatic carbocycles. The summed E-state index contributed by atoms with van der Waals surface area (Å²) >= 11 is 1.55. The minimum absolute atomic E-state index is 0.00917. The number of likely N-dealkylation sites (tertiary alicyclic amines) is 1. The summed E-state index contributed by atoms with van der Waals surface area (Å²) in [7, 11) is 0. The Morgan fingerprint density at radius 1 is 1.22 bits per heavy atom. The molecule has 1 aromatic carbocycles. The van der Waals surface area contributed by atoms with E-state index >= 15 is 0 Å². The van der Waals surface area contributed by atoms with Crippen LogP contribution in [0.4, 0.5) is 4.39 Å². The summed E-state index contributed by atoms with van der Waals surface area (Å²) in [6, 6.07) is 7.90. The van der Waals surface area contributed by atoms with Crippen molar-refractivity contribution in [3.63, 3.8) is 0 Å². The molecule has 3 aromatic rings. The molecule has 7 nitrogen and oxygen atoms in total. The van der Waals surface area contributed by atoms with Gasteiger partial charge >= 0.3 is 5.97 Å². The van der Waals surface area contributed by atoms with Crippen molar-refractivity contribution < 1.29 is 19.1 Å². The summed E-state index contributed by atoms with van der Waals surface area (Å²) < 4.78 is 15.4. The fourth-order valence-corrected chi connectivity index (χ4v) is 6.30. The lowest BCUT2D eigenvalue weighted by Crippen LogP contribution is -2.54. The molecule has 3 heterocycles. The van der Waals surface area contributed by atoms with Gasteiger partial charge in [0.25, 0.3) is 0 Å². The lowest BCUT2D eigenvalue weighted by molar-refractivity contribution is -0.154. The molecule has 32 heavy (non-hydrogen) atoms.